The summed E-state index contributed by atoms with van der Waals surface area (Å²) in [6.07, 6.45) is 1.79. The molecule has 0 bridgehead atoms. The molecular formula is C10H12BrClN3+. The number of para-hydroxylation sites is 1. The highest BCUT2D eigenvalue weighted by Crippen LogP contribution is 2.25. The van der Waals surface area contributed by atoms with Crippen LogP contribution in [0, 0.1) is 11.3 Å². The molecule has 0 heterocycles. The van der Waals surface area contributed by atoms with Gasteiger partial charge in [-0.25, -0.2) is 5.32 Å². The summed E-state index contributed by atoms with van der Waals surface area (Å²) in [4.78, 5) is 0. The van der Waals surface area contributed by atoms with Gasteiger partial charge in [0, 0.05) is 0 Å². The van der Waals surface area contributed by atoms with E-state index in [1.54, 1.807) is 12.4 Å². The van der Waals surface area contributed by atoms with Crippen LogP contribution in [0.1, 0.15) is 5.56 Å². The summed E-state index contributed by atoms with van der Waals surface area (Å²) in [7, 11) is 3.83. The van der Waals surface area contributed by atoms with Gasteiger partial charge in [0.25, 0.3) is 0 Å². The van der Waals surface area contributed by atoms with Crippen molar-refractivity contribution >= 4 is 40.4 Å². The summed E-state index contributed by atoms with van der Waals surface area (Å²) < 4.78 is 2.76. The Morgan fingerprint density at radius 3 is 2.67 bits per heavy atom. The minimum atomic E-state index is 0. The van der Waals surface area contributed by atoms with Crippen molar-refractivity contribution in [3.8, 4) is 6.07 Å². The van der Waals surface area contributed by atoms with Crippen molar-refractivity contribution in [1.82, 2.24) is 0 Å². The van der Waals surface area contributed by atoms with Crippen molar-refractivity contribution in [2.75, 3.05) is 19.4 Å². The molecule has 1 rings (SSSR count). The molecule has 0 spiro atoms. The predicted octanol–water partition coefficient (Wildman–Crippen LogP) is 2.45. The number of nitrogens with one attached hydrogen (secondary N) is 1. The van der Waals surface area contributed by atoms with Crippen LogP contribution in [0.15, 0.2) is 22.7 Å². The Balaban J connectivity index is 0.00000196. The molecule has 80 valence electrons. The van der Waals surface area contributed by atoms with Crippen molar-refractivity contribution in [2.45, 2.75) is 0 Å². The second kappa shape index (κ2) is 6.44. The highest BCUT2D eigenvalue weighted by Gasteiger charge is 2.08. The first-order valence-corrected chi connectivity index (χ1v) is 4.89. The average molecular weight is 290 g/mol. The first kappa shape index (κ1) is 13.9. The largest absolute Gasteiger partial charge is 0.273 e. The van der Waals surface area contributed by atoms with Crippen molar-refractivity contribution in [2.24, 2.45) is 0 Å². The third-order valence-electron chi connectivity index (χ3n) is 1.60. The van der Waals surface area contributed by atoms with Crippen LogP contribution in [0.5, 0.6) is 0 Å². The van der Waals surface area contributed by atoms with E-state index in [1.807, 2.05) is 30.8 Å². The number of anilines is 1. The summed E-state index contributed by atoms with van der Waals surface area (Å²) in [5.74, 6) is 0. The van der Waals surface area contributed by atoms with Gasteiger partial charge in [-0.2, -0.15) is 5.26 Å². The van der Waals surface area contributed by atoms with Crippen LogP contribution in [-0.4, -0.2) is 25.0 Å². The third kappa shape index (κ3) is 3.90. The summed E-state index contributed by atoms with van der Waals surface area (Å²) in [5, 5.41) is 11.9. The smallest absolute Gasteiger partial charge is 0.236 e. The lowest BCUT2D eigenvalue weighted by Gasteiger charge is -2.00. The van der Waals surface area contributed by atoms with Gasteiger partial charge in [-0.05, 0) is 28.1 Å². The van der Waals surface area contributed by atoms with Crippen LogP contribution in [0.25, 0.3) is 0 Å². The van der Waals surface area contributed by atoms with Gasteiger partial charge in [0.2, 0.25) is 6.34 Å². The van der Waals surface area contributed by atoms with E-state index in [2.05, 4.69) is 27.3 Å². The molecule has 0 aliphatic rings. The fourth-order valence-electron chi connectivity index (χ4n) is 0.958. The van der Waals surface area contributed by atoms with Crippen molar-refractivity contribution < 1.29 is 4.58 Å². The van der Waals surface area contributed by atoms with E-state index in [-0.39, 0.29) is 12.4 Å². The Labute approximate surface area is 104 Å². The molecule has 0 saturated carbocycles. The highest BCUT2D eigenvalue weighted by atomic mass is 79.9. The molecule has 0 aliphatic carbocycles. The lowest BCUT2D eigenvalue weighted by atomic mass is 10.2. The fraction of sp³-hybridized carbons (Fsp3) is 0.200. The Morgan fingerprint density at radius 2 is 2.13 bits per heavy atom. The average Bonchev–Trinajstić information content (AvgIpc) is 2.15. The number of benzene rings is 1. The van der Waals surface area contributed by atoms with Gasteiger partial charge >= 0.3 is 0 Å². The molecule has 1 aromatic rings. The zero-order valence-electron chi connectivity index (χ0n) is 8.49. The van der Waals surface area contributed by atoms with Gasteiger partial charge in [0.15, 0.2) is 5.69 Å². The van der Waals surface area contributed by atoms with Crippen molar-refractivity contribution in [3.63, 3.8) is 0 Å². The number of nitriles is 1. The van der Waals surface area contributed by atoms with E-state index in [1.165, 1.54) is 0 Å². The molecule has 3 nitrogen and oxygen atoms in total. The maximum Gasteiger partial charge on any atom is 0.236 e. The zero-order chi connectivity index (χ0) is 10.6. The molecule has 1 aromatic carbocycles. The summed E-state index contributed by atoms with van der Waals surface area (Å²) in [6, 6.07) is 7.64. The molecule has 0 unspecified atom stereocenters. The summed E-state index contributed by atoms with van der Waals surface area (Å²) >= 11 is 3.39. The zero-order valence-corrected chi connectivity index (χ0v) is 10.9. The van der Waals surface area contributed by atoms with E-state index in [0.29, 0.717) is 5.56 Å². The normalized spacial score (nSPS) is 8.40. The van der Waals surface area contributed by atoms with E-state index in [9.17, 15) is 0 Å². The lowest BCUT2D eigenvalue weighted by molar-refractivity contribution is -0.459. The molecule has 0 amide bonds. The number of hydrogen-bond donors (Lipinski definition) is 1. The summed E-state index contributed by atoms with van der Waals surface area (Å²) in [6.45, 7) is 0. The van der Waals surface area contributed by atoms with Crippen molar-refractivity contribution in [3.05, 3.63) is 28.2 Å². The second-order valence-corrected chi connectivity index (χ2v) is 3.87. The van der Waals surface area contributed by atoms with Gasteiger partial charge in [0.05, 0.1) is 24.1 Å². The predicted molar refractivity (Wildman–Crippen MR) is 67.9 cm³/mol. The molecule has 0 atom stereocenters. The van der Waals surface area contributed by atoms with E-state index in [4.69, 9.17) is 5.26 Å². The molecule has 0 fully saturated rings. The first-order chi connectivity index (χ1) is 6.65. The van der Waals surface area contributed by atoms with E-state index < -0.39 is 0 Å². The fourth-order valence-corrected chi connectivity index (χ4v) is 1.44. The molecule has 1 N–H and O–H groups in total. The molecule has 0 aliphatic heterocycles. The monoisotopic (exact) mass is 288 g/mol. The summed E-state index contributed by atoms with van der Waals surface area (Å²) in [5.41, 5.74) is 1.42. The number of halogens is 2. The quantitative estimate of drug-likeness (QED) is 0.516. The van der Waals surface area contributed by atoms with Crippen LogP contribution >= 0.6 is 28.3 Å². The van der Waals surface area contributed by atoms with Gasteiger partial charge in [-0.1, -0.05) is 6.07 Å². The molecule has 0 radical (unpaired) electrons. The topological polar surface area (TPSA) is 38.8 Å². The van der Waals surface area contributed by atoms with Gasteiger partial charge in [-0.3, -0.25) is 4.58 Å². The minimum absolute atomic E-state index is 0. The van der Waals surface area contributed by atoms with E-state index >= 15 is 0 Å². The maximum atomic E-state index is 8.87. The molecule has 15 heavy (non-hydrogen) atoms. The van der Waals surface area contributed by atoms with Gasteiger partial charge in [0.1, 0.15) is 6.07 Å². The van der Waals surface area contributed by atoms with Crippen LogP contribution in [-0.2, 0) is 0 Å². The standard InChI is InChI=1S/C10H10BrN3.ClH/c1-14(2)7-13-10-8(6-12)4-3-5-9(10)11;/h3-5,7H,1-2H3;1H/p+1. The van der Waals surface area contributed by atoms with Gasteiger partial charge in [-0.15, -0.1) is 12.4 Å². The molecule has 0 saturated heterocycles. The maximum absolute atomic E-state index is 8.87. The lowest BCUT2D eigenvalue weighted by Crippen LogP contribution is -2.08. The Bertz CT molecular complexity index is 406. The number of nitrogens with zero attached hydrogens (tertiary/aromatic N) is 2. The van der Waals surface area contributed by atoms with Crippen molar-refractivity contribution in [1.29, 1.82) is 5.26 Å². The SMILES string of the molecule is C[N+](C)=CNc1c(Br)cccc1C#N.Cl. The Hall–Kier alpha value is -1.05. The molecular weight excluding hydrogens is 277 g/mol. The minimum Gasteiger partial charge on any atom is -0.273 e. The van der Waals surface area contributed by atoms with Crippen LogP contribution in [0.4, 0.5) is 5.69 Å². The highest BCUT2D eigenvalue weighted by molar-refractivity contribution is 9.10. The Morgan fingerprint density at radius 1 is 1.47 bits per heavy atom. The van der Waals surface area contributed by atoms with Crippen LogP contribution in [0.2, 0.25) is 0 Å². The van der Waals surface area contributed by atoms with Crippen LogP contribution in [0.3, 0.4) is 0 Å². The van der Waals surface area contributed by atoms with Gasteiger partial charge < -0.3 is 0 Å². The molecule has 0 aromatic heterocycles. The third-order valence-corrected chi connectivity index (χ3v) is 2.26. The van der Waals surface area contributed by atoms with Crippen LogP contribution < -0.4 is 5.32 Å². The first-order valence-electron chi connectivity index (χ1n) is 4.10. The second-order valence-electron chi connectivity index (χ2n) is 3.01. The number of rotatable bonds is 2. The molecule has 5 heteroatoms. The van der Waals surface area contributed by atoms with E-state index in [0.717, 1.165) is 10.2 Å². The number of hydrogen-bond acceptors (Lipinski definition) is 1. The Kier molecular flexibility index (Phi) is 5.99.